The molecular weight excluding hydrogens is 523 g/mol. The second-order valence-corrected chi connectivity index (χ2v) is 11.3. The van der Waals surface area contributed by atoms with Gasteiger partial charge in [-0.2, -0.15) is 13.2 Å². The van der Waals surface area contributed by atoms with Gasteiger partial charge in [-0.1, -0.05) is 41.9 Å². The Hall–Kier alpha value is -2.91. The Labute approximate surface area is 219 Å². The highest BCUT2D eigenvalue weighted by Crippen LogP contribution is 2.52. The number of hydrogen-bond acceptors (Lipinski definition) is 3. The third kappa shape index (κ3) is 5.52. The number of alkyl halides is 3. The summed E-state index contributed by atoms with van der Waals surface area (Å²) in [6.45, 7) is 2.41. The smallest absolute Gasteiger partial charge is 0.376 e. The van der Waals surface area contributed by atoms with E-state index < -0.39 is 21.6 Å². The zero-order chi connectivity index (χ0) is 26.8. The van der Waals surface area contributed by atoms with E-state index in [0.717, 1.165) is 17.9 Å². The van der Waals surface area contributed by atoms with Gasteiger partial charge >= 0.3 is 6.18 Å². The molecule has 4 rings (SSSR count). The summed E-state index contributed by atoms with van der Waals surface area (Å²) in [7, 11) is -3.49. The molecule has 4 nitrogen and oxygen atoms in total. The Morgan fingerprint density at radius 1 is 0.946 bits per heavy atom. The van der Waals surface area contributed by atoms with Crippen LogP contribution in [0, 0.1) is 0 Å². The van der Waals surface area contributed by atoms with Crippen molar-refractivity contribution < 1.29 is 26.3 Å². The molecule has 1 aliphatic heterocycles. The third-order valence-electron chi connectivity index (χ3n) is 6.37. The first kappa shape index (κ1) is 27.1. The van der Waals surface area contributed by atoms with Crippen LogP contribution in [0.3, 0.4) is 0 Å². The van der Waals surface area contributed by atoms with Gasteiger partial charge in [0.1, 0.15) is 22.6 Å². The van der Waals surface area contributed by atoms with Gasteiger partial charge in [-0.05, 0) is 29.8 Å². The predicted molar refractivity (Wildman–Crippen MR) is 140 cm³/mol. The first-order valence-corrected chi connectivity index (χ1v) is 13.8. The number of quaternary nitrogens is 1. The van der Waals surface area contributed by atoms with Crippen molar-refractivity contribution in [3.05, 3.63) is 112 Å². The van der Waals surface area contributed by atoms with Crippen molar-refractivity contribution in [3.63, 3.8) is 0 Å². The molecule has 0 radical (unpaired) electrons. The number of nitrogens with zero attached hydrogens (tertiary/aromatic N) is 1. The molecule has 0 N–H and O–H groups in total. The molecule has 9 heteroatoms. The normalized spacial score (nSPS) is 18.0. The lowest BCUT2D eigenvalue weighted by Gasteiger charge is -2.38. The fourth-order valence-electron chi connectivity index (χ4n) is 4.66. The van der Waals surface area contributed by atoms with Gasteiger partial charge in [-0.25, -0.2) is 12.9 Å². The van der Waals surface area contributed by atoms with Gasteiger partial charge in [0.05, 0.1) is 18.1 Å². The molecule has 0 bridgehead atoms. The molecule has 37 heavy (non-hydrogen) atoms. The molecule has 0 aliphatic carbocycles. The van der Waals surface area contributed by atoms with Gasteiger partial charge < -0.3 is 4.74 Å². The van der Waals surface area contributed by atoms with Crippen LogP contribution >= 0.6 is 11.6 Å². The first-order valence-electron chi connectivity index (χ1n) is 11.5. The van der Waals surface area contributed by atoms with Crippen molar-refractivity contribution >= 4 is 32.8 Å². The van der Waals surface area contributed by atoms with Crippen molar-refractivity contribution in [1.82, 2.24) is 4.48 Å². The standard InChI is InChI=1S/C28H26ClF3NO3S/c1-20-8-10-24(16-17-36-19-21-6-4-3-5-7-21)33(20,23-11-13-25(14-12-23)37(2,34)35)27-15-9-22(29)18-26(27)28(30,31)32/h3-15,18H,16-17,19H2,1-2H3/q+1. The summed E-state index contributed by atoms with van der Waals surface area (Å²) < 4.78 is 72.6. The quantitative estimate of drug-likeness (QED) is 0.213. The van der Waals surface area contributed by atoms with Crippen molar-refractivity contribution in [2.24, 2.45) is 0 Å². The number of benzene rings is 3. The van der Waals surface area contributed by atoms with Gasteiger partial charge in [-0.15, -0.1) is 0 Å². The van der Waals surface area contributed by atoms with Gasteiger partial charge in [0, 0.05) is 55.0 Å². The SMILES string of the molecule is CC1=CC=C(CCOCc2ccccc2)[N+]1(c1ccc(S(C)(=O)=O)cc1)c1ccc(Cl)cc1C(F)(F)F. The van der Waals surface area contributed by atoms with Crippen LogP contribution in [-0.4, -0.2) is 21.3 Å². The van der Waals surface area contributed by atoms with E-state index in [4.69, 9.17) is 16.3 Å². The summed E-state index contributed by atoms with van der Waals surface area (Å²) in [5.74, 6) is 0. The minimum absolute atomic E-state index is 0.0236. The van der Waals surface area contributed by atoms with E-state index >= 15 is 0 Å². The van der Waals surface area contributed by atoms with E-state index in [2.05, 4.69) is 0 Å². The van der Waals surface area contributed by atoms with Crippen molar-refractivity contribution in [1.29, 1.82) is 0 Å². The molecule has 3 aromatic carbocycles. The van der Waals surface area contributed by atoms with Crippen molar-refractivity contribution in [2.45, 2.75) is 31.0 Å². The maximum Gasteiger partial charge on any atom is 0.422 e. The summed E-state index contributed by atoms with van der Waals surface area (Å²) in [5, 5.41) is -0.0285. The Morgan fingerprint density at radius 3 is 2.24 bits per heavy atom. The predicted octanol–water partition coefficient (Wildman–Crippen LogP) is 7.81. The zero-order valence-corrected chi connectivity index (χ0v) is 21.9. The third-order valence-corrected chi connectivity index (χ3v) is 7.73. The highest BCUT2D eigenvalue weighted by molar-refractivity contribution is 7.90. The van der Waals surface area contributed by atoms with Gasteiger partial charge in [0.2, 0.25) is 0 Å². The van der Waals surface area contributed by atoms with Crippen LogP contribution in [0.15, 0.2) is 101 Å². The Balaban J connectivity index is 1.80. The van der Waals surface area contributed by atoms with E-state index in [1.54, 1.807) is 31.2 Å². The molecule has 1 unspecified atom stereocenters. The molecule has 3 aromatic rings. The maximum atomic E-state index is 14.3. The number of sulfone groups is 1. The molecule has 0 saturated heterocycles. The fraction of sp³-hybridized carbons (Fsp3) is 0.214. The summed E-state index contributed by atoms with van der Waals surface area (Å²) in [4.78, 5) is 0.0825. The molecule has 0 amide bonds. The summed E-state index contributed by atoms with van der Waals surface area (Å²) >= 11 is 6.00. The Kier molecular flexibility index (Phi) is 7.67. The topological polar surface area (TPSA) is 43.4 Å². The lowest BCUT2D eigenvalue weighted by Crippen LogP contribution is -2.41. The molecule has 1 heterocycles. The second kappa shape index (κ2) is 10.5. The van der Waals surface area contributed by atoms with Crippen LogP contribution in [0.5, 0.6) is 0 Å². The van der Waals surface area contributed by atoms with E-state index in [1.165, 1.54) is 24.3 Å². The number of hydrogen-bond donors (Lipinski definition) is 0. The van der Waals surface area contributed by atoms with Crippen molar-refractivity contribution in [3.8, 4) is 0 Å². The largest absolute Gasteiger partial charge is 0.422 e. The highest BCUT2D eigenvalue weighted by atomic mass is 35.5. The van der Waals surface area contributed by atoms with E-state index in [1.807, 2.05) is 30.3 Å². The van der Waals surface area contributed by atoms with E-state index in [-0.39, 0.29) is 26.7 Å². The monoisotopic (exact) mass is 548 g/mol. The summed E-state index contributed by atoms with van der Waals surface area (Å²) in [6, 6.07) is 19.3. The molecule has 1 aliphatic rings. The highest BCUT2D eigenvalue weighted by Gasteiger charge is 2.49. The first-order chi connectivity index (χ1) is 17.4. The lowest BCUT2D eigenvalue weighted by molar-refractivity contribution is -0.137. The van der Waals surface area contributed by atoms with Gasteiger partial charge in [0.25, 0.3) is 0 Å². The summed E-state index contributed by atoms with van der Waals surface area (Å²) in [6.07, 6.45) is 0.348. The molecule has 194 valence electrons. The Morgan fingerprint density at radius 2 is 1.62 bits per heavy atom. The fourth-order valence-corrected chi connectivity index (χ4v) is 5.46. The molecule has 1 atom stereocenters. The average molecular weight is 549 g/mol. The van der Waals surface area contributed by atoms with Gasteiger partial charge in [-0.3, -0.25) is 0 Å². The number of ether oxygens (including phenoxy) is 1. The van der Waals surface area contributed by atoms with E-state index in [9.17, 15) is 21.6 Å². The summed E-state index contributed by atoms with van der Waals surface area (Å²) in [5.41, 5.74) is 1.86. The molecular formula is C28H26ClF3NO3S+. The Bertz CT molecular complexity index is 1450. The minimum Gasteiger partial charge on any atom is -0.376 e. The zero-order valence-electron chi connectivity index (χ0n) is 20.3. The van der Waals surface area contributed by atoms with Gasteiger partial charge in [0.15, 0.2) is 15.5 Å². The maximum absolute atomic E-state index is 14.3. The number of halogens is 4. The van der Waals surface area contributed by atoms with Crippen molar-refractivity contribution in [2.75, 3.05) is 12.9 Å². The number of rotatable bonds is 8. The van der Waals surface area contributed by atoms with Crippen LogP contribution in [0.25, 0.3) is 0 Å². The second-order valence-electron chi connectivity index (χ2n) is 8.85. The van der Waals surface area contributed by atoms with Crippen LogP contribution in [0.4, 0.5) is 24.5 Å². The van der Waals surface area contributed by atoms with Crippen LogP contribution in [-0.2, 0) is 27.4 Å². The van der Waals surface area contributed by atoms with Crippen LogP contribution in [0.2, 0.25) is 5.02 Å². The van der Waals surface area contributed by atoms with Crippen LogP contribution in [0.1, 0.15) is 24.5 Å². The molecule has 0 spiro atoms. The lowest BCUT2D eigenvalue weighted by atomic mass is 10.0. The van der Waals surface area contributed by atoms with Crippen LogP contribution < -0.4 is 4.48 Å². The molecule has 0 fully saturated rings. The average Bonchev–Trinajstić information content (AvgIpc) is 3.18. The number of allylic oxidation sites excluding steroid dienone is 3. The molecule has 0 aromatic heterocycles. The molecule has 0 saturated carbocycles. The minimum atomic E-state index is -4.67. The van der Waals surface area contributed by atoms with E-state index in [0.29, 0.717) is 30.1 Å².